The van der Waals surface area contributed by atoms with Crippen molar-refractivity contribution in [2.45, 2.75) is 33.6 Å². The number of Topliss-reactive ketones (excluding diaryl/α,β-unsaturated/α-hetero) is 2. The van der Waals surface area contributed by atoms with Crippen LogP contribution in [0.2, 0.25) is 0 Å². The van der Waals surface area contributed by atoms with E-state index in [2.05, 4.69) is 0 Å². The molecule has 29 heavy (non-hydrogen) atoms. The van der Waals surface area contributed by atoms with E-state index < -0.39 is 5.97 Å². The summed E-state index contributed by atoms with van der Waals surface area (Å²) in [4.78, 5) is 44.6. The maximum Gasteiger partial charge on any atom is 0.308 e. The van der Waals surface area contributed by atoms with Crippen molar-refractivity contribution in [3.05, 3.63) is 58.7 Å². The highest BCUT2D eigenvalue weighted by Crippen LogP contribution is 2.34. The van der Waals surface area contributed by atoms with Gasteiger partial charge < -0.3 is 9.47 Å². The van der Waals surface area contributed by atoms with Gasteiger partial charge in [0.1, 0.15) is 11.5 Å². The van der Waals surface area contributed by atoms with Crippen LogP contribution in [0.15, 0.2) is 36.4 Å². The number of carbonyl (C=O) groups is 4. The minimum Gasteiger partial charge on any atom is -0.428 e. The van der Waals surface area contributed by atoms with Gasteiger partial charge in [0.15, 0.2) is 11.6 Å². The predicted molar refractivity (Wildman–Crippen MR) is 105 cm³/mol. The highest BCUT2D eigenvalue weighted by atomic mass is 16.5. The summed E-state index contributed by atoms with van der Waals surface area (Å²) in [5, 5.41) is 0. The first kappa shape index (κ1) is 20.5. The number of rotatable bonds is 3. The van der Waals surface area contributed by atoms with Gasteiger partial charge in [-0.05, 0) is 36.1 Å². The molecule has 2 unspecified atom stereocenters. The Morgan fingerprint density at radius 1 is 0.897 bits per heavy atom. The largest absolute Gasteiger partial charge is 0.428 e. The van der Waals surface area contributed by atoms with Crippen LogP contribution in [0.5, 0.6) is 11.5 Å². The molecule has 0 saturated carbocycles. The zero-order chi connectivity index (χ0) is 21.1. The minimum absolute atomic E-state index is 0.00130. The van der Waals surface area contributed by atoms with Crippen LogP contribution in [-0.4, -0.2) is 24.0 Å². The van der Waals surface area contributed by atoms with Crippen LogP contribution in [0.3, 0.4) is 0 Å². The van der Waals surface area contributed by atoms with Crippen LogP contribution < -0.4 is 9.47 Å². The van der Waals surface area contributed by atoms with Crippen molar-refractivity contribution in [2.24, 2.45) is 11.8 Å². The van der Waals surface area contributed by atoms with E-state index in [9.17, 15) is 19.2 Å². The van der Waals surface area contributed by atoms with Crippen molar-refractivity contribution < 1.29 is 28.7 Å². The number of benzene rings is 2. The molecule has 0 heterocycles. The third-order valence-corrected chi connectivity index (χ3v) is 5.09. The zero-order valence-electron chi connectivity index (χ0n) is 16.6. The maximum atomic E-state index is 11.8. The average Bonchev–Trinajstić information content (AvgIpc) is 3.13. The Morgan fingerprint density at radius 2 is 1.38 bits per heavy atom. The predicted octanol–water partition coefficient (Wildman–Crippen LogP) is 3.58. The fourth-order valence-corrected chi connectivity index (χ4v) is 3.78. The van der Waals surface area contributed by atoms with Crippen molar-refractivity contribution in [3.63, 3.8) is 0 Å². The summed E-state index contributed by atoms with van der Waals surface area (Å²) in [6, 6.07) is 10.7. The van der Waals surface area contributed by atoms with E-state index in [0.717, 1.165) is 24.0 Å². The lowest BCUT2D eigenvalue weighted by atomic mass is 10.1. The maximum absolute atomic E-state index is 11.8. The zero-order valence-corrected chi connectivity index (χ0v) is 16.6. The summed E-state index contributed by atoms with van der Waals surface area (Å²) in [6.07, 6.45) is 1.48. The Bertz CT molecular complexity index is 991. The van der Waals surface area contributed by atoms with Crippen molar-refractivity contribution in [2.75, 3.05) is 0 Å². The van der Waals surface area contributed by atoms with Gasteiger partial charge in [-0.1, -0.05) is 38.1 Å². The molecule has 0 radical (unpaired) electrons. The number of hydrogen-bond donors (Lipinski definition) is 0. The van der Waals surface area contributed by atoms with Crippen molar-refractivity contribution in [1.82, 2.24) is 0 Å². The van der Waals surface area contributed by atoms with Gasteiger partial charge in [0.05, 0.1) is 11.1 Å². The quantitative estimate of drug-likeness (QED) is 0.449. The molecule has 0 fully saturated rings. The van der Waals surface area contributed by atoms with Crippen molar-refractivity contribution in [3.8, 4) is 11.5 Å². The first-order valence-electron chi connectivity index (χ1n) is 9.44. The third kappa shape index (κ3) is 4.11. The second kappa shape index (κ2) is 8.39. The Balaban J connectivity index is 0.000000166. The molecule has 0 bridgehead atoms. The molecule has 0 amide bonds. The standard InChI is InChI=1S/C12H12O3.C11H10O3/c1-7-6-9-4-3-5-10(15-8(2)13)11(9)12(7)14;1-7-5-8-3-2-4-9(14-6-12)10(8)11(7)13/h3-5,7H,6H2,1-2H3;2-4,6-7H,5H2,1H3. The van der Waals surface area contributed by atoms with Crippen LogP contribution in [-0.2, 0) is 22.4 Å². The summed E-state index contributed by atoms with van der Waals surface area (Å²) >= 11 is 0. The van der Waals surface area contributed by atoms with Crippen LogP contribution in [0.4, 0.5) is 0 Å². The smallest absolute Gasteiger partial charge is 0.308 e. The van der Waals surface area contributed by atoms with E-state index in [1.165, 1.54) is 6.92 Å². The minimum atomic E-state index is -0.393. The Morgan fingerprint density at radius 3 is 1.86 bits per heavy atom. The topological polar surface area (TPSA) is 86.7 Å². The van der Waals surface area contributed by atoms with E-state index >= 15 is 0 Å². The Kier molecular flexibility index (Phi) is 5.92. The van der Waals surface area contributed by atoms with Gasteiger partial charge in [0.25, 0.3) is 6.47 Å². The molecule has 0 spiro atoms. The average molecular weight is 394 g/mol. The van der Waals surface area contributed by atoms with Crippen LogP contribution in [0, 0.1) is 11.8 Å². The van der Waals surface area contributed by atoms with E-state index in [-0.39, 0.29) is 23.4 Å². The molecule has 6 nitrogen and oxygen atoms in total. The molecule has 150 valence electrons. The highest BCUT2D eigenvalue weighted by Gasteiger charge is 2.31. The van der Waals surface area contributed by atoms with Gasteiger partial charge in [-0.15, -0.1) is 0 Å². The van der Waals surface area contributed by atoms with E-state index in [1.54, 1.807) is 18.2 Å². The lowest BCUT2D eigenvalue weighted by molar-refractivity contribution is -0.131. The van der Waals surface area contributed by atoms with E-state index in [1.807, 2.05) is 32.0 Å². The van der Waals surface area contributed by atoms with Gasteiger partial charge in [-0.3, -0.25) is 19.2 Å². The third-order valence-electron chi connectivity index (χ3n) is 5.09. The molecule has 2 aliphatic rings. The molecule has 2 aromatic carbocycles. The van der Waals surface area contributed by atoms with Gasteiger partial charge in [-0.25, -0.2) is 0 Å². The number of carbonyl (C=O) groups excluding carboxylic acids is 4. The molecule has 2 aliphatic carbocycles. The molecule has 2 atom stereocenters. The molecule has 2 aromatic rings. The summed E-state index contributed by atoms with van der Waals surface area (Å²) in [5.74, 6) is 0.523. The second-order valence-corrected chi connectivity index (χ2v) is 7.33. The normalized spacial score (nSPS) is 19.0. The van der Waals surface area contributed by atoms with E-state index in [0.29, 0.717) is 29.1 Å². The van der Waals surface area contributed by atoms with Crippen LogP contribution in [0.25, 0.3) is 0 Å². The summed E-state index contributed by atoms with van der Waals surface area (Å²) in [5.41, 5.74) is 3.11. The number of fused-ring (bicyclic) bond motifs is 2. The summed E-state index contributed by atoms with van der Waals surface area (Å²) in [7, 11) is 0. The summed E-state index contributed by atoms with van der Waals surface area (Å²) < 4.78 is 9.78. The van der Waals surface area contributed by atoms with Gasteiger partial charge in [0, 0.05) is 18.8 Å². The molecule has 4 rings (SSSR count). The molecule has 0 saturated heterocycles. The molecular weight excluding hydrogens is 372 g/mol. The number of hydrogen-bond acceptors (Lipinski definition) is 6. The SMILES string of the molecule is CC(=O)Oc1cccc2c1C(=O)C(C)C2.CC1Cc2cccc(OC=O)c2C1=O. The van der Waals surface area contributed by atoms with Crippen LogP contribution in [0.1, 0.15) is 52.6 Å². The summed E-state index contributed by atoms with van der Waals surface area (Å²) in [6.45, 7) is 5.46. The van der Waals surface area contributed by atoms with Gasteiger partial charge in [0.2, 0.25) is 0 Å². The highest BCUT2D eigenvalue weighted by molar-refractivity contribution is 6.05. The lowest BCUT2D eigenvalue weighted by Crippen LogP contribution is -2.08. The number of ketones is 2. The monoisotopic (exact) mass is 394 g/mol. The molecule has 0 N–H and O–H groups in total. The second-order valence-electron chi connectivity index (χ2n) is 7.33. The first-order valence-corrected chi connectivity index (χ1v) is 9.44. The van der Waals surface area contributed by atoms with Crippen LogP contribution >= 0.6 is 0 Å². The Labute approximate surface area is 168 Å². The molecule has 0 aliphatic heterocycles. The number of ether oxygens (including phenoxy) is 2. The lowest BCUT2D eigenvalue weighted by Gasteiger charge is -2.05. The fourth-order valence-electron chi connectivity index (χ4n) is 3.78. The van der Waals surface area contributed by atoms with Crippen molar-refractivity contribution >= 4 is 24.0 Å². The van der Waals surface area contributed by atoms with Crippen molar-refractivity contribution in [1.29, 1.82) is 0 Å². The first-order chi connectivity index (χ1) is 13.8. The fraction of sp³-hybridized carbons (Fsp3) is 0.304. The number of esters is 1. The molecule has 6 heteroatoms. The van der Waals surface area contributed by atoms with E-state index in [4.69, 9.17) is 9.47 Å². The molecule has 0 aromatic heterocycles. The van der Waals surface area contributed by atoms with Gasteiger partial charge >= 0.3 is 5.97 Å². The molecular formula is C23H22O6. The van der Waals surface area contributed by atoms with Gasteiger partial charge in [-0.2, -0.15) is 0 Å². The Hall–Kier alpha value is -3.28.